The predicted octanol–water partition coefficient (Wildman–Crippen LogP) is 2.91. The summed E-state index contributed by atoms with van der Waals surface area (Å²) in [6, 6.07) is 12.2. The summed E-state index contributed by atoms with van der Waals surface area (Å²) < 4.78 is 0. The number of hydrogen-bond acceptors (Lipinski definition) is 4. The van der Waals surface area contributed by atoms with E-state index in [-0.39, 0.29) is 0 Å². The van der Waals surface area contributed by atoms with Gasteiger partial charge < -0.3 is 16.0 Å². The Morgan fingerprint density at radius 3 is 2.83 bits per heavy atom. The van der Waals surface area contributed by atoms with Crippen LogP contribution in [0.3, 0.4) is 0 Å². The topological polar surface area (TPSA) is 65.5 Å². The van der Waals surface area contributed by atoms with E-state index in [1.807, 2.05) is 31.2 Å². The molecule has 1 heterocycles. The van der Waals surface area contributed by atoms with Crippen molar-refractivity contribution in [2.75, 3.05) is 23.7 Å². The molecule has 0 unspecified atom stereocenters. The number of rotatable bonds is 4. The lowest BCUT2D eigenvalue weighted by molar-refractivity contribution is -0.105. The lowest BCUT2D eigenvalue weighted by Gasteiger charge is -2.15. The molecule has 2 aromatic carbocycles. The minimum Gasteiger partial charge on any atom is -0.354 e. The fourth-order valence-electron chi connectivity index (χ4n) is 2.88. The van der Waals surface area contributed by atoms with E-state index < -0.39 is 0 Å². The molecule has 1 aliphatic rings. The van der Waals surface area contributed by atoms with Gasteiger partial charge in [-0.25, -0.2) is 0 Å². The number of nitrogens with one attached hydrogen (secondary N) is 3. The van der Waals surface area contributed by atoms with E-state index >= 15 is 0 Å². The molecule has 1 amide bonds. The minimum absolute atomic E-state index is 0.712. The number of aliphatic imine (C=N–C) groups is 1. The van der Waals surface area contributed by atoms with Crippen LogP contribution in [0.4, 0.5) is 11.4 Å². The highest BCUT2D eigenvalue weighted by atomic mass is 16.1. The summed E-state index contributed by atoms with van der Waals surface area (Å²) >= 11 is 0. The predicted molar refractivity (Wildman–Crippen MR) is 95.0 cm³/mol. The maximum Gasteiger partial charge on any atom is 0.211 e. The number of carbonyl (C=O) groups is 1. The van der Waals surface area contributed by atoms with Gasteiger partial charge in [-0.15, -0.1) is 0 Å². The van der Waals surface area contributed by atoms with Crippen molar-refractivity contribution in [1.82, 2.24) is 5.32 Å². The molecule has 0 spiro atoms. The number of carbonyl (C=O) groups excluding carboxylic acids is 1. The van der Waals surface area contributed by atoms with E-state index in [9.17, 15) is 4.79 Å². The van der Waals surface area contributed by atoms with Crippen LogP contribution in [0.15, 0.2) is 41.4 Å². The normalized spacial score (nSPS) is 13.2. The molecule has 0 saturated carbocycles. The Balaban J connectivity index is 1.98. The van der Waals surface area contributed by atoms with E-state index in [0.717, 1.165) is 47.1 Å². The van der Waals surface area contributed by atoms with Gasteiger partial charge >= 0.3 is 0 Å². The summed E-state index contributed by atoms with van der Waals surface area (Å²) in [6.45, 7) is 5.78. The lowest BCUT2D eigenvalue weighted by Crippen LogP contribution is -2.26. The van der Waals surface area contributed by atoms with E-state index in [0.29, 0.717) is 6.41 Å². The van der Waals surface area contributed by atoms with Gasteiger partial charge in [0.15, 0.2) is 5.96 Å². The number of guanidine groups is 1. The molecule has 1 aliphatic heterocycles. The maximum atomic E-state index is 10.8. The fourth-order valence-corrected chi connectivity index (χ4v) is 2.88. The second kappa shape index (κ2) is 6.52. The summed E-state index contributed by atoms with van der Waals surface area (Å²) in [5, 5.41) is 9.26. The van der Waals surface area contributed by atoms with Crippen molar-refractivity contribution in [2.24, 2.45) is 4.99 Å². The Morgan fingerprint density at radius 2 is 2.09 bits per heavy atom. The Bertz CT molecular complexity index is 768. The summed E-state index contributed by atoms with van der Waals surface area (Å²) in [4.78, 5) is 15.1. The van der Waals surface area contributed by atoms with Crippen molar-refractivity contribution in [1.29, 1.82) is 0 Å². The highest BCUT2D eigenvalue weighted by molar-refractivity contribution is 5.95. The Kier molecular flexibility index (Phi) is 4.28. The Labute approximate surface area is 135 Å². The number of anilines is 2. The average Bonchev–Trinajstić information content (AvgIpc) is 3.04. The average molecular weight is 308 g/mol. The van der Waals surface area contributed by atoms with Gasteiger partial charge in [0.1, 0.15) is 0 Å². The summed E-state index contributed by atoms with van der Waals surface area (Å²) in [5.41, 5.74) is 6.31. The zero-order chi connectivity index (χ0) is 16.2. The molecular weight excluding hydrogens is 288 g/mol. The monoisotopic (exact) mass is 308 g/mol. The van der Waals surface area contributed by atoms with Crippen molar-refractivity contribution in [2.45, 2.75) is 13.8 Å². The van der Waals surface area contributed by atoms with Gasteiger partial charge in [-0.05, 0) is 54.3 Å². The van der Waals surface area contributed by atoms with Crippen molar-refractivity contribution in [3.8, 4) is 11.1 Å². The lowest BCUT2D eigenvalue weighted by atomic mass is 9.94. The van der Waals surface area contributed by atoms with E-state index in [4.69, 9.17) is 0 Å². The molecule has 2 aromatic rings. The number of benzene rings is 2. The number of nitrogens with zero attached hydrogens (tertiary/aromatic N) is 1. The molecular formula is C18H20N4O. The van der Waals surface area contributed by atoms with E-state index in [1.165, 1.54) is 5.56 Å². The standard InChI is InChI=1S/C18H20N4O/c1-12-6-7-16(21-11-23)13(2)17(12)14-4-3-5-15(10-14)22-18-19-8-9-20-18/h3-7,10-11H,8-9H2,1-2H3,(H,21,23)(H2,19,20,22). The van der Waals surface area contributed by atoms with Crippen molar-refractivity contribution in [3.63, 3.8) is 0 Å². The van der Waals surface area contributed by atoms with Gasteiger partial charge in [-0.3, -0.25) is 9.79 Å². The Morgan fingerprint density at radius 1 is 1.22 bits per heavy atom. The number of hydrogen-bond donors (Lipinski definition) is 3. The van der Waals surface area contributed by atoms with Crippen LogP contribution in [0.25, 0.3) is 11.1 Å². The number of amides is 1. The fraction of sp³-hybridized carbons (Fsp3) is 0.222. The van der Waals surface area contributed by atoms with Gasteiger partial charge in [0, 0.05) is 17.9 Å². The third-order valence-electron chi connectivity index (χ3n) is 3.98. The molecule has 0 radical (unpaired) electrons. The molecule has 23 heavy (non-hydrogen) atoms. The molecule has 0 fully saturated rings. The quantitative estimate of drug-likeness (QED) is 0.761. The van der Waals surface area contributed by atoms with Crippen LogP contribution in [0, 0.1) is 13.8 Å². The zero-order valence-electron chi connectivity index (χ0n) is 13.3. The molecule has 3 N–H and O–H groups in total. The molecule has 3 rings (SSSR count). The minimum atomic E-state index is 0.712. The van der Waals surface area contributed by atoms with Crippen molar-refractivity contribution < 1.29 is 4.79 Å². The van der Waals surface area contributed by atoms with Gasteiger partial charge in [0.25, 0.3) is 0 Å². The third-order valence-corrected chi connectivity index (χ3v) is 3.98. The summed E-state index contributed by atoms with van der Waals surface area (Å²) in [5.74, 6) is 0.812. The van der Waals surface area contributed by atoms with Gasteiger partial charge in [-0.2, -0.15) is 0 Å². The third kappa shape index (κ3) is 3.18. The highest BCUT2D eigenvalue weighted by Gasteiger charge is 2.11. The van der Waals surface area contributed by atoms with Crippen LogP contribution >= 0.6 is 0 Å². The zero-order valence-corrected chi connectivity index (χ0v) is 13.3. The summed E-state index contributed by atoms with van der Waals surface area (Å²) in [6.07, 6.45) is 0.712. The van der Waals surface area contributed by atoms with E-state index in [2.05, 4.69) is 40.0 Å². The SMILES string of the molecule is Cc1ccc(NC=O)c(C)c1-c1cccc(NC2=NCCN2)c1. The molecule has 0 aliphatic carbocycles. The first-order valence-corrected chi connectivity index (χ1v) is 7.65. The second-order valence-electron chi connectivity index (χ2n) is 5.56. The van der Waals surface area contributed by atoms with Gasteiger partial charge in [0.05, 0.1) is 6.54 Å². The summed E-state index contributed by atoms with van der Waals surface area (Å²) in [7, 11) is 0. The maximum absolute atomic E-state index is 10.8. The van der Waals surface area contributed by atoms with Crippen molar-refractivity contribution in [3.05, 3.63) is 47.5 Å². The van der Waals surface area contributed by atoms with Crippen LogP contribution in [0.1, 0.15) is 11.1 Å². The van der Waals surface area contributed by atoms with Crippen LogP contribution in [0.2, 0.25) is 0 Å². The van der Waals surface area contributed by atoms with Gasteiger partial charge in [0.2, 0.25) is 6.41 Å². The first-order chi connectivity index (χ1) is 11.2. The molecule has 118 valence electrons. The number of aryl methyl sites for hydroxylation is 1. The van der Waals surface area contributed by atoms with Gasteiger partial charge in [-0.1, -0.05) is 18.2 Å². The molecule has 0 bridgehead atoms. The van der Waals surface area contributed by atoms with Crippen LogP contribution in [-0.2, 0) is 4.79 Å². The molecule has 0 aromatic heterocycles. The van der Waals surface area contributed by atoms with Crippen molar-refractivity contribution >= 4 is 23.7 Å². The van der Waals surface area contributed by atoms with E-state index in [1.54, 1.807) is 0 Å². The van der Waals surface area contributed by atoms with Crippen LogP contribution in [0.5, 0.6) is 0 Å². The smallest absolute Gasteiger partial charge is 0.211 e. The molecule has 0 atom stereocenters. The largest absolute Gasteiger partial charge is 0.354 e. The molecule has 5 heteroatoms. The molecule has 0 saturated heterocycles. The van der Waals surface area contributed by atoms with Crippen LogP contribution < -0.4 is 16.0 Å². The first kappa shape index (κ1) is 15.1. The van der Waals surface area contributed by atoms with Crippen LogP contribution in [-0.4, -0.2) is 25.5 Å². The molecule has 5 nitrogen and oxygen atoms in total. The second-order valence-corrected chi connectivity index (χ2v) is 5.56. The first-order valence-electron chi connectivity index (χ1n) is 7.65. The Hall–Kier alpha value is -2.82. The highest BCUT2D eigenvalue weighted by Crippen LogP contribution is 2.33.